The molecule has 0 aliphatic heterocycles. The van der Waals surface area contributed by atoms with E-state index >= 15 is 0 Å². The molecule has 1 unspecified atom stereocenters. The minimum Gasteiger partial charge on any atom is -0.396 e. The first-order chi connectivity index (χ1) is 6.70. The van der Waals surface area contributed by atoms with Crippen molar-refractivity contribution >= 4 is 23.4 Å². The normalized spacial score (nSPS) is 12.9. The van der Waals surface area contributed by atoms with Crippen molar-refractivity contribution in [3.63, 3.8) is 0 Å². The Morgan fingerprint density at radius 2 is 2.29 bits per heavy atom. The van der Waals surface area contributed by atoms with Gasteiger partial charge in [-0.3, -0.25) is 0 Å². The van der Waals surface area contributed by atoms with Crippen molar-refractivity contribution in [2.24, 2.45) is 5.73 Å². The summed E-state index contributed by atoms with van der Waals surface area (Å²) >= 11 is 7.68. The number of rotatable bonds is 4. The molecule has 0 saturated carbocycles. The van der Waals surface area contributed by atoms with Crippen LogP contribution in [0.25, 0.3) is 0 Å². The first-order valence-corrected chi connectivity index (χ1v) is 5.99. The van der Waals surface area contributed by atoms with E-state index in [4.69, 9.17) is 22.4 Å². The van der Waals surface area contributed by atoms with E-state index < -0.39 is 0 Å². The molecule has 78 valence electrons. The minimum atomic E-state index is -0.184. The zero-order valence-electron chi connectivity index (χ0n) is 8.03. The lowest BCUT2D eigenvalue weighted by Crippen LogP contribution is -2.13. The Morgan fingerprint density at radius 1 is 1.57 bits per heavy atom. The summed E-state index contributed by atoms with van der Waals surface area (Å²) in [6, 6.07) is 5.54. The maximum atomic E-state index is 8.82. The lowest BCUT2D eigenvalue weighted by Gasteiger charge is -2.15. The van der Waals surface area contributed by atoms with Crippen LogP contribution in [0.1, 0.15) is 18.0 Å². The van der Waals surface area contributed by atoms with E-state index in [0.29, 0.717) is 11.4 Å². The second-order valence-electron chi connectivity index (χ2n) is 2.97. The molecule has 0 fully saturated rings. The molecule has 0 amide bonds. The third kappa shape index (κ3) is 2.64. The molecule has 1 rings (SSSR count). The average Bonchev–Trinajstić information content (AvgIpc) is 2.17. The van der Waals surface area contributed by atoms with Crippen LogP contribution in [0.15, 0.2) is 23.1 Å². The number of halogens is 1. The van der Waals surface area contributed by atoms with Gasteiger partial charge in [0.05, 0.1) is 0 Å². The maximum absolute atomic E-state index is 8.82. The average molecular weight is 232 g/mol. The van der Waals surface area contributed by atoms with Crippen LogP contribution in [-0.2, 0) is 0 Å². The lowest BCUT2D eigenvalue weighted by molar-refractivity contribution is 0.276. The summed E-state index contributed by atoms with van der Waals surface area (Å²) in [7, 11) is 0. The highest BCUT2D eigenvalue weighted by Crippen LogP contribution is 2.32. The van der Waals surface area contributed by atoms with Gasteiger partial charge in [0.25, 0.3) is 0 Å². The van der Waals surface area contributed by atoms with Crippen LogP contribution >= 0.6 is 23.4 Å². The van der Waals surface area contributed by atoms with Crippen molar-refractivity contribution < 1.29 is 5.11 Å². The van der Waals surface area contributed by atoms with E-state index in [9.17, 15) is 0 Å². The van der Waals surface area contributed by atoms with E-state index in [1.165, 1.54) is 0 Å². The van der Waals surface area contributed by atoms with Crippen molar-refractivity contribution in [1.82, 2.24) is 0 Å². The Kier molecular flexibility index (Phi) is 4.75. The van der Waals surface area contributed by atoms with Crippen LogP contribution in [0.5, 0.6) is 0 Å². The van der Waals surface area contributed by atoms with Crippen molar-refractivity contribution in [2.75, 3.05) is 12.9 Å². The molecule has 0 heterocycles. The molecule has 2 nitrogen and oxygen atoms in total. The smallest absolute Gasteiger partial charge is 0.0464 e. The van der Waals surface area contributed by atoms with Crippen molar-refractivity contribution in [3.8, 4) is 0 Å². The zero-order chi connectivity index (χ0) is 10.6. The third-order valence-electron chi connectivity index (χ3n) is 2.04. The van der Waals surface area contributed by atoms with Gasteiger partial charge in [0, 0.05) is 28.1 Å². The number of hydrogen-bond donors (Lipinski definition) is 2. The third-order valence-corrected chi connectivity index (χ3v) is 3.17. The molecule has 0 aliphatic carbocycles. The van der Waals surface area contributed by atoms with Gasteiger partial charge in [-0.25, -0.2) is 0 Å². The molecule has 0 radical (unpaired) electrons. The standard InChI is InChI=1S/C10H14ClNOS/c1-14-9-4-2-3-7(11)10(9)8(12)5-6-13/h2-4,8,13H,5-6,12H2,1H3. The van der Waals surface area contributed by atoms with Crippen molar-refractivity contribution in [3.05, 3.63) is 28.8 Å². The van der Waals surface area contributed by atoms with Crippen LogP contribution < -0.4 is 5.73 Å². The molecule has 1 aromatic rings. The molecule has 1 aromatic carbocycles. The summed E-state index contributed by atoms with van der Waals surface area (Å²) < 4.78 is 0. The summed E-state index contributed by atoms with van der Waals surface area (Å²) in [6.07, 6.45) is 2.53. The van der Waals surface area contributed by atoms with Gasteiger partial charge >= 0.3 is 0 Å². The molecule has 1 atom stereocenters. The Balaban J connectivity index is 3.03. The molecule has 0 spiro atoms. The van der Waals surface area contributed by atoms with Crippen molar-refractivity contribution in [2.45, 2.75) is 17.4 Å². The number of hydrogen-bond acceptors (Lipinski definition) is 3. The Hall–Kier alpha value is -0.220. The van der Waals surface area contributed by atoms with Crippen LogP contribution in [0.4, 0.5) is 0 Å². The Bertz CT molecular complexity index is 306. The molecule has 3 N–H and O–H groups in total. The summed E-state index contributed by atoms with van der Waals surface area (Å²) in [5.41, 5.74) is 6.87. The fourth-order valence-electron chi connectivity index (χ4n) is 1.34. The molecular formula is C10H14ClNOS. The molecule has 0 bridgehead atoms. The largest absolute Gasteiger partial charge is 0.396 e. The molecule has 0 aliphatic rings. The van der Waals surface area contributed by atoms with Gasteiger partial charge < -0.3 is 10.8 Å². The highest BCUT2D eigenvalue weighted by molar-refractivity contribution is 7.98. The lowest BCUT2D eigenvalue weighted by atomic mass is 10.1. The fourth-order valence-corrected chi connectivity index (χ4v) is 2.41. The second kappa shape index (κ2) is 5.61. The van der Waals surface area contributed by atoms with Gasteiger partial charge in [-0.1, -0.05) is 17.7 Å². The van der Waals surface area contributed by atoms with Gasteiger partial charge in [0.2, 0.25) is 0 Å². The monoisotopic (exact) mass is 231 g/mol. The Labute approximate surface area is 93.5 Å². The number of aliphatic hydroxyl groups is 1. The molecule has 0 aromatic heterocycles. The number of thioether (sulfide) groups is 1. The predicted octanol–water partition coefficient (Wildman–Crippen LogP) is 2.44. The van der Waals surface area contributed by atoms with Crippen LogP contribution in [0.2, 0.25) is 5.02 Å². The topological polar surface area (TPSA) is 46.2 Å². The van der Waals surface area contributed by atoms with E-state index in [1.54, 1.807) is 11.8 Å². The summed E-state index contributed by atoms with van der Waals surface area (Å²) in [6.45, 7) is 0.0835. The van der Waals surface area contributed by atoms with Gasteiger partial charge in [0.15, 0.2) is 0 Å². The number of nitrogens with two attached hydrogens (primary N) is 1. The summed E-state index contributed by atoms with van der Waals surface area (Å²) in [5.74, 6) is 0. The van der Waals surface area contributed by atoms with Crippen LogP contribution in [0.3, 0.4) is 0 Å². The van der Waals surface area contributed by atoms with Gasteiger partial charge in [-0.05, 0) is 24.8 Å². The van der Waals surface area contributed by atoms with Gasteiger partial charge in [0.1, 0.15) is 0 Å². The van der Waals surface area contributed by atoms with Gasteiger partial charge in [-0.15, -0.1) is 11.8 Å². The zero-order valence-corrected chi connectivity index (χ0v) is 9.61. The maximum Gasteiger partial charge on any atom is 0.0464 e. The SMILES string of the molecule is CSc1cccc(Cl)c1C(N)CCO. The van der Waals surface area contributed by atoms with Crippen molar-refractivity contribution in [1.29, 1.82) is 0 Å². The first-order valence-electron chi connectivity index (χ1n) is 4.39. The van der Waals surface area contributed by atoms with E-state index in [2.05, 4.69) is 0 Å². The predicted molar refractivity (Wildman–Crippen MR) is 61.9 cm³/mol. The molecule has 4 heteroatoms. The fraction of sp³-hybridized carbons (Fsp3) is 0.400. The molecular weight excluding hydrogens is 218 g/mol. The Morgan fingerprint density at radius 3 is 2.86 bits per heavy atom. The number of benzene rings is 1. The quantitative estimate of drug-likeness (QED) is 0.783. The molecule has 14 heavy (non-hydrogen) atoms. The van der Waals surface area contributed by atoms with E-state index in [0.717, 1.165) is 10.5 Å². The van der Waals surface area contributed by atoms with Crippen LogP contribution in [-0.4, -0.2) is 18.0 Å². The minimum absolute atomic E-state index is 0.0835. The first kappa shape index (κ1) is 11.9. The highest BCUT2D eigenvalue weighted by Gasteiger charge is 2.13. The number of aliphatic hydroxyl groups excluding tert-OH is 1. The van der Waals surface area contributed by atoms with E-state index in [-0.39, 0.29) is 12.6 Å². The molecule has 0 saturated heterocycles. The second-order valence-corrected chi connectivity index (χ2v) is 4.23. The summed E-state index contributed by atoms with van der Waals surface area (Å²) in [4.78, 5) is 1.08. The van der Waals surface area contributed by atoms with E-state index in [1.807, 2.05) is 24.5 Å². The van der Waals surface area contributed by atoms with Gasteiger partial charge in [-0.2, -0.15) is 0 Å². The van der Waals surface area contributed by atoms with Crippen LogP contribution in [0, 0.1) is 0 Å². The highest BCUT2D eigenvalue weighted by atomic mass is 35.5. The summed E-state index contributed by atoms with van der Waals surface area (Å²) in [5, 5.41) is 9.50.